The molecule has 1 heterocycles. The number of hydrogen-bond acceptors (Lipinski definition) is 3. The number of aromatic nitrogens is 2. The van der Waals surface area contributed by atoms with Crippen LogP contribution in [0.15, 0.2) is 29.2 Å². The Hall–Kier alpha value is -1.13. The molecule has 5 heteroatoms. The number of thioether (sulfide) groups is 1. The van der Waals surface area contributed by atoms with Crippen LogP contribution in [0.1, 0.15) is 11.3 Å². The second kappa shape index (κ2) is 5.67. The van der Waals surface area contributed by atoms with E-state index in [1.54, 1.807) is 23.6 Å². The number of nitrogens with zero attached hydrogens (tertiary/aromatic N) is 2. The van der Waals surface area contributed by atoms with Crippen molar-refractivity contribution < 1.29 is 4.74 Å². The molecule has 0 fully saturated rings. The van der Waals surface area contributed by atoms with Crippen molar-refractivity contribution in [1.29, 1.82) is 0 Å². The first-order valence-electron chi connectivity index (χ1n) is 5.56. The van der Waals surface area contributed by atoms with Crippen LogP contribution in [0.25, 0.3) is 0 Å². The molecule has 0 unspecified atom stereocenters. The van der Waals surface area contributed by atoms with Crippen LogP contribution in [0.2, 0.25) is 5.15 Å². The fourth-order valence-corrected chi connectivity index (χ4v) is 3.04. The standard InChI is InChI=1S/C13H15ClN2OS/c1-9-12(13(14)16(2)15-9)8-18-11-6-4-5-10(7-11)17-3/h4-7H,8H2,1-3H3. The fraction of sp³-hybridized carbons (Fsp3) is 0.308. The van der Waals surface area contributed by atoms with Gasteiger partial charge in [-0.05, 0) is 25.1 Å². The Kier molecular flexibility index (Phi) is 4.19. The average molecular weight is 283 g/mol. The Balaban J connectivity index is 2.11. The number of ether oxygens (including phenoxy) is 1. The Morgan fingerprint density at radius 1 is 1.44 bits per heavy atom. The summed E-state index contributed by atoms with van der Waals surface area (Å²) in [6.45, 7) is 1.98. The van der Waals surface area contributed by atoms with Gasteiger partial charge in [0.2, 0.25) is 0 Å². The lowest BCUT2D eigenvalue weighted by molar-refractivity contribution is 0.413. The molecule has 2 aromatic rings. The summed E-state index contributed by atoms with van der Waals surface area (Å²) in [6, 6.07) is 8.00. The van der Waals surface area contributed by atoms with Gasteiger partial charge in [-0.1, -0.05) is 17.7 Å². The van der Waals surface area contributed by atoms with Gasteiger partial charge in [0, 0.05) is 23.3 Å². The van der Waals surface area contributed by atoms with Crippen molar-refractivity contribution >= 4 is 23.4 Å². The van der Waals surface area contributed by atoms with Crippen molar-refractivity contribution in [2.45, 2.75) is 17.6 Å². The minimum absolute atomic E-state index is 0.711. The van der Waals surface area contributed by atoms with E-state index in [0.29, 0.717) is 5.15 Å². The van der Waals surface area contributed by atoms with Crippen LogP contribution >= 0.6 is 23.4 Å². The molecule has 0 aliphatic carbocycles. The fourth-order valence-electron chi connectivity index (χ4n) is 1.68. The molecule has 18 heavy (non-hydrogen) atoms. The van der Waals surface area contributed by atoms with Crippen molar-refractivity contribution in [1.82, 2.24) is 9.78 Å². The van der Waals surface area contributed by atoms with E-state index in [-0.39, 0.29) is 0 Å². The van der Waals surface area contributed by atoms with Crippen molar-refractivity contribution in [3.05, 3.63) is 40.7 Å². The largest absolute Gasteiger partial charge is 0.497 e. The second-order valence-electron chi connectivity index (χ2n) is 3.95. The van der Waals surface area contributed by atoms with Crippen molar-refractivity contribution in [3.8, 4) is 5.75 Å². The molecule has 0 spiro atoms. The van der Waals surface area contributed by atoms with E-state index in [0.717, 1.165) is 27.7 Å². The van der Waals surface area contributed by atoms with Gasteiger partial charge in [-0.2, -0.15) is 5.10 Å². The highest BCUT2D eigenvalue weighted by Gasteiger charge is 2.11. The summed E-state index contributed by atoms with van der Waals surface area (Å²) < 4.78 is 6.91. The summed E-state index contributed by atoms with van der Waals surface area (Å²) >= 11 is 7.93. The van der Waals surface area contributed by atoms with E-state index in [2.05, 4.69) is 11.2 Å². The molecule has 0 aliphatic rings. The lowest BCUT2D eigenvalue weighted by Gasteiger charge is -2.04. The summed E-state index contributed by atoms with van der Waals surface area (Å²) in [5.41, 5.74) is 2.07. The molecule has 0 radical (unpaired) electrons. The SMILES string of the molecule is COc1cccc(SCc2c(C)nn(C)c2Cl)c1. The van der Waals surface area contributed by atoms with E-state index in [9.17, 15) is 0 Å². The Morgan fingerprint density at radius 3 is 2.83 bits per heavy atom. The molecule has 2 rings (SSSR count). The highest BCUT2D eigenvalue weighted by Crippen LogP contribution is 2.30. The molecule has 0 aliphatic heterocycles. The molecule has 0 amide bonds. The Bertz CT molecular complexity index is 554. The second-order valence-corrected chi connectivity index (χ2v) is 5.35. The van der Waals surface area contributed by atoms with Gasteiger partial charge in [0.15, 0.2) is 0 Å². The normalized spacial score (nSPS) is 10.7. The Labute approximate surface area is 116 Å². The molecule has 0 N–H and O–H groups in total. The number of benzene rings is 1. The van der Waals surface area contributed by atoms with Crippen molar-refractivity contribution in [2.24, 2.45) is 7.05 Å². The van der Waals surface area contributed by atoms with E-state index in [1.165, 1.54) is 0 Å². The zero-order chi connectivity index (χ0) is 13.1. The van der Waals surface area contributed by atoms with Crippen LogP contribution in [0, 0.1) is 6.92 Å². The first-order valence-corrected chi connectivity index (χ1v) is 6.93. The number of hydrogen-bond donors (Lipinski definition) is 0. The topological polar surface area (TPSA) is 27.1 Å². The van der Waals surface area contributed by atoms with Crippen LogP contribution in [0.3, 0.4) is 0 Å². The smallest absolute Gasteiger partial charge is 0.131 e. The van der Waals surface area contributed by atoms with Crippen LogP contribution in [-0.2, 0) is 12.8 Å². The number of methoxy groups -OCH3 is 1. The van der Waals surface area contributed by atoms with Gasteiger partial charge in [-0.3, -0.25) is 4.68 Å². The van der Waals surface area contributed by atoms with Crippen LogP contribution in [0.5, 0.6) is 5.75 Å². The van der Waals surface area contributed by atoms with E-state index in [4.69, 9.17) is 16.3 Å². The molecular formula is C13H15ClN2OS. The third kappa shape index (κ3) is 2.82. The third-order valence-electron chi connectivity index (χ3n) is 2.69. The van der Waals surface area contributed by atoms with Gasteiger partial charge in [0.25, 0.3) is 0 Å². The maximum atomic E-state index is 6.20. The number of rotatable bonds is 4. The van der Waals surface area contributed by atoms with Crippen molar-refractivity contribution in [3.63, 3.8) is 0 Å². The first-order chi connectivity index (χ1) is 8.61. The van der Waals surface area contributed by atoms with Crippen molar-refractivity contribution in [2.75, 3.05) is 7.11 Å². The van der Waals surface area contributed by atoms with Gasteiger partial charge >= 0.3 is 0 Å². The lowest BCUT2D eigenvalue weighted by Crippen LogP contribution is -1.89. The maximum Gasteiger partial charge on any atom is 0.131 e. The van der Waals surface area contributed by atoms with Crippen LogP contribution in [0.4, 0.5) is 0 Å². The van der Waals surface area contributed by atoms with Crippen LogP contribution in [-0.4, -0.2) is 16.9 Å². The predicted molar refractivity (Wildman–Crippen MR) is 75.5 cm³/mol. The van der Waals surface area contributed by atoms with Gasteiger partial charge in [0.1, 0.15) is 10.9 Å². The molecule has 96 valence electrons. The molecule has 3 nitrogen and oxygen atoms in total. The predicted octanol–water partition coefficient (Wildman–Crippen LogP) is 3.68. The summed E-state index contributed by atoms with van der Waals surface area (Å²) in [4.78, 5) is 1.16. The highest BCUT2D eigenvalue weighted by molar-refractivity contribution is 7.98. The molecule has 0 saturated heterocycles. The zero-order valence-corrected chi connectivity index (χ0v) is 12.2. The van der Waals surface area contributed by atoms with E-state index < -0.39 is 0 Å². The minimum Gasteiger partial charge on any atom is -0.497 e. The molecule has 0 atom stereocenters. The highest BCUT2D eigenvalue weighted by atomic mass is 35.5. The van der Waals surface area contributed by atoms with E-state index >= 15 is 0 Å². The summed E-state index contributed by atoms with van der Waals surface area (Å²) in [5.74, 6) is 1.68. The van der Waals surface area contributed by atoms with Crippen LogP contribution < -0.4 is 4.74 Å². The summed E-state index contributed by atoms with van der Waals surface area (Å²) in [7, 11) is 3.53. The van der Waals surface area contributed by atoms with Gasteiger partial charge in [-0.15, -0.1) is 11.8 Å². The van der Waals surface area contributed by atoms with Gasteiger partial charge < -0.3 is 4.74 Å². The minimum atomic E-state index is 0.711. The lowest BCUT2D eigenvalue weighted by atomic mass is 10.3. The first kappa shape index (κ1) is 13.3. The molecule has 1 aromatic heterocycles. The third-order valence-corrected chi connectivity index (χ3v) is 4.19. The summed E-state index contributed by atoms with van der Waals surface area (Å²) in [6.07, 6.45) is 0. The average Bonchev–Trinajstić information content (AvgIpc) is 2.61. The summed E-state index contributed by atoms with van der Waals surface area (Å²) in [5, 5.41) is 5.01. The van der Waals surface area contributed by atoms with Gasteiger partial charge in [0.05, 0.1) is 12.8 Å². The number of aryl methyl sites for hydroxylation is 2. The maximum absolute atomic E-state index is 6.20. The molecular weight excluding hydrogens is 268 g/mol. The Morgan fingerprint density at radius 2 is 2.22 bits per heavy atom. The molecule has 0 bridgehead atoms. The quantitative estimate of drug-likeness (QED) is 0.801. The zero-order valence-electron chi connectivity index (χ0n) is 10.6. The molecule has 0 saturated carbocycles. The monoisotopic (exact) mass is 282 g/mol. The number of halogens is 1. The molecule has 1 aromatic carbocycles. The van der Waals surface area contributed by atoms with Gasteiger partial charge in [-0.25, -0.2) is 0 Å². The van der Waals surface area contributed by atoms with E-state index in [1.807, 2.05) is 32.2 Å².